The van der Waals surface area contributed by atoms with E-state index < -0.39 is 0 Å². The van der Waals surface area contributed by atoms with Gasteiger partial charge in [0.05, 0.1) is 0 Å². The molecule has 1 N–H and O–H groups in total. The number of hydrogen-bond donors (Lipinski definition) is 1. The van der Waals surface area contributed by atoms with E-state index in [0.717, 1.165) is 19.5 Å². The van der Waals surface area contributed by atoms with Crippen molar-refractivity contribution in [1.82, 2.24) is 5.32 Å². The van der Waals surface area contributed by atoms with Gasteiger partial charge < -0.3 is 10.2 Å². The third kappa shape index (κ3) is 4.58. The molecule has 0 radical (unpaired) electrons. The molecule has 0 aliphatic rings. The number of nitrogens with one attached hydrogen (secondary N) is 1. The molecule has 2 rings (SSSR count). The molecule has 2 aromatic carbocycles. The highest BCUT2D eigenvalue weighted by Gasteiger charge is 2.14. The Morgan fingerprint density at radius 2 is 1.71 bits per heavy atom. The molecule has 0 spiro atoms. The fourth-order valence-electron chi connectivity index (χ4n) is 2.51. The van der Waals surface area contributed by atoms with Gasteiger partial charge in [-0.1, -0.05) is 59.3 Å². The standard InChI is InChI=1S/C18H23BrN2/c1-3-20-18(16-11-7-8-12-17(16)19)13-14-21(2)15-9-5-4-6-10-15/h4-12,18,20H,3,13-14H2,1-2H3. The molecule has 0 aromatic heterocycles. The minimum Gasteiger partial charge on any atom is -0.375 e. The van der Waals surface area contributed by atoms with Gasteiger partial charge in [-0.05, 0) is 36.7 Å². The minimum absolute atomic E-state index is 0.372. The normalized spacial score (nSPS) is 12.1. The molecule has 112 valence electrons. The molecule has 0 heterocycles. The Morgan fingerprint density at radius 1 is 1.05 bits per heavy atom. The molecule has 0 fully saturated rings. The van der Waals surface area contributed by atoms with E-state index in [9.17, 15) is 0 Å². The Balaban J connectivity index is 2.02. The zero-order chi connectivity index (χ0) is 15.1. The zero-order valence-corrected chi connectivity index (χ0v) is 14.3. The van der Waals surface area contributed by atoms with Crippen molar-refractivity contribution in [3.05, 3.63) is 64.6 Å². The predicted octanol–water partition coefficient (Wildman–Crippen LogP) is 4.63. The molecule has 1 atom stereocenters. The molecule has 1 unspecified atom stereocenters. The lowest BCUT2D eigenvalue weighted by Gasteiger charge is -2.25. The summed E-state index contributed by atoms with van der Waals surface area (Å²) in [7, 11) is 2.15. The van der Waals surface area contributed by atoms with E-state index in [-0.39, 0.29) is 0 Å². The van der Waals surface area contributed by atoms with E-state index >= 15 is 0 Å². The molecule has 2 aromatic rings. The topological polar surface area (TPSA) is 15.3 Å². The third-order valence-corrected chi connectivity index (χ3v) is 4.40. The van der Waals surface area contributed by atoms with Crippen molar-refractivity contribution in [2.45, 2.75) is 19.4 Å². The molecule has 2 nitrogen and oxygen atoms in total. The van der Waals surface area contributed by atoms with Crippen LogP contribution in [0.3, 0.4) is 0 Å². The first-order valence-corrected chi connectivity index (χ1v) is 8.25. The second kappa shape index (κ2) is 8.20. The molecule has 0 amide bonds. The first kappa shape index (κ1) is 16.1. The SMILES string of the molecule is CCNC(CCN(C)c1ccccc1)c1ccccc1Br. The Kier molecular flexibility index (Phi) is 6.27. The predicted molar refractivity (Wildman–Crippen MR) is 94.9 cm³/mol. The number of halogens is 1. The quantitative estimate of drug-likeness (QED) is 0.786. The van der Waals surface area contributed by atoms with E-state index in [4.69, 9.17) is 0 Å². The maximum atomic E-state index is 3.67. The number of benzene rings is 2. The van der Waals surface area contributed by atoms with Gasteiger partial charge in [-0.25, -0.2) is 0 Å². The van der Waals surface area contributed by atoms with Gasteiger partial charge in [0, 0.05) is 29.8 Å². The first-order valence-electron chi connectivity index (χ1n) is 7.46. The van der Waals surface area contributed by atoms with Crippen molar-refractivity contribution < 1.29 is 0 Å². The highest BCUT2D eigenvalue weighted by atomic mass is 79.9. The molecule has 0 aliphatic carbocycles. The van der Waals surface area contributed by atoms with Crippen LogP contribution in [0.1, 0.15) is 24.9 Å². The van der Waals surface area contributed by atoms with Gasteiger partial charge in [0.2, 0.25) is 0 Å². The summed E-state index contributed by atoms with van der Waals surface area (Å²) in [5.41, 5.74) is 2.60. The Labute approximate surface area is 136 Å². The monoisotopic (exact) mass is 346 g/mol. The summed E-state index contributed by atoms with van der Waals surface area (Å²) in [6, 6.07) is 19.4. The maximum Gasteiger partial charge on any atom is 0.0363 e. The molecular weight excluding hydrogens is 324 g/mol. The van der Waals surface area contributed by atoms with Gasteiger partial charge in [-0.15, -0.1) is 0 Å². The largest absolute Gasteiger partial charge is 0.375 e. The summed E-state index contributed by atoms with van der Waals surface area (Å²) in [4.78, 5) is 2.31. The second-order valence-corrected chi connectivity index (χ2v) is 6.03. The van der Waals surface area contributed by atoms with Gasteiger partial charge in [-0.2, -0.15) is 0 Å². The van der Waals surface area contributed by atoms with Crippen LogP contribution in [0, 0.1) is 0 Å². The van der Waals surface area contributed by atoms with Gasteiger partial charge in [-0.3, -0.25) is 0 Å². The molecule has 0 aliphatic heterocycles. The number of rotatable bonds is 7. The summed E-state index contributed by atoms with van der Waals surface area (Å²) < 4.78 is 1.18. The highest BCUT2D eigenvalue weighted by molar-refractivity contribution is 9.10. The maximum absolute atomic E-state index is 3.67. The Morgan fingerprint density at radius 3 is 2.38 bits per heavy atom. The van der Waals surface area contributed by atoms with E-state index in [1.807, 2.05) is 0 Å². The summed E-state index contributed by atoms with van der Waals surface area (Å²) in [5.74, 6) is 0. The average Bonchev–Trinajstić information content (AvgIpc) is 2.53. The molecule has 0 saturated heterocycles. The zero-order valence-electron chi connectivity index (χ0n) is 12.7. The van der Waals surface area contributed by atoms with Crippen LogP contribution in [0.5, 0.6) is 0 Å². The molecule has 0 bridgehead atoms. The number of nitrogens with zero attached hydrogens (tertiary/aromatic N) is 1. The average molecular weight is 347 g/mol. The first-order chi connectivity index (χ1) is 10.2. The second-order valence-electron chi connectivity index (χ2n) is 5.18. The van der Waals surface area contributed by atoms with E-state index in [0.29, 0.717) is 6.04 Å². The fourth-order valence-corrected chi connectivity index (χ4v) is 3.07. The lowest BCUT2D eigenvalue weighted by molar-refractivity contribution is 0.515. The van der Waals surface area contributed by atoms with Gasteiger partial charge in [0.1, 0.15) is 0 Å². The van der Waals surface area contributed by atoms with Crippen LogP contribution in [-0.4, -0.2) is 20.1 Å². The number of hydrogen-bond acceptors (Lipinski definition) is 2. The van der Waals surface area contributed by atoms with Gasteiger partial charge in [0.15, 0.2) is 0 Å². The summed E-state index contributed by atoms with van der Waals surface area (Å²) >= 11 is 3.67. The summed E-state index contributed by atoms with van der Waals surface area (Å²) in [6.45, 7) is 4.15. The molecular formula is C18H23BrN2. The van der Waals surface area contributed by atoms with Crippen LogP contribution < -0.4 is 10.2 Å². The van der Waals surface area contributed by atoms with Crippen molar-refractivity contribution in [3.63, 3.8) is 0 Å². The van der Waals surface area contributed by atoms with Gasteiger partial charge >= 0.3 is 0 Å². The highest BCUT2D eigenvalue weighted by Crippen LogP contribution is 2.26. The minimum atomic E-state index is 0.372. The molecule has 0 saturated carbocycles. The van der Waals surface area contributed by atoms with Crippen molar-refractivity contribution in [2.75, 3.05) is 25.0 Å². The summed E-state index contributed by atoms with van der Waals surface area (Å²) in [5, 5.41) is 3.59. The molecule has 3 heteroatoms. The van der Waals surface area contributed by atoms with E-state index in [1.54, 1.807) is 0 Å². The Bertz CT molecular complexity index is 542. The van der Waals surface area contributed by atoms with Crippen LogP contribution >= 0.6 is 15.9 Å². The van der Waals surface area contributed by atoms with Crippen molar-refractivity contribution in [1.29, 1.82) is 0 Å². The third-order valence-electron chi connectivity index (χ3n) is 3.68. The van der Waals surface area contributed by atoms with Crippen LogP contribution in [0.4, 0.5) is 5.69 Å². The fraction of sp³-hybridized carbons (Fsp3) is 0.333. The van der Waals surface area contributed by atoms with Crippen LogP contribution in [0.15, 0.2) is 59.1 Å². The van der Waals surface area contributed by atoms with E-state index in [2.05, 4.69) is 94.7 Å². The van der Waals surface area contributed by atoms with Crippen LogP contribution in [-0.2, 0) is 0 Å². The van der Waals surface area contributed by atoms with Crippen molar-refractivity contribution in [2.24, 2.45) is 0 Å². The number of para-hydroxylation sites is 1. The molecule has 21 heavy (non-hydrogen) atoms. The smallest absolute Gasteiger partial charge is 0.0363 e. The van der Waals surface area contributed by atoms with Crippen molar-refractivity contribution >= 4 is 21.6 Å². The lowest BCUT2D eigenvalue weighted by Crippen LogP contribution is -2.27. The van der Waals surface area contributed by atoms with Crippen LogP contribution in [0.25, 0.3) is 0 Å². The summed E-state index contributed by atoms with van der Waals surface area (Å²) in [6.07, 6.45) is 1.07. The number of anilines is 1. The van der Waals surface area contributed by atoms with Crippen LogP contribution in [0.2, 0.25) is 0 Å². The van der Waals surface area contributed by atoms with Gasteiger partial charge in [0.25, 0.3) is 0 Å². The van der Waals surface area contributed by atoms with E-state index in [1.165, 1.54) is 15.7 Å². The Hall–Kier alpha value is -1.32. The lowest BCUT2D eigenvalue weighted by atomic mass is 10.0. The van der Waals surface area contributed by atoms with Crippen molar-refractivity contribution in [3.8, 4) is 0 Å².